The highest BCUT2D eigenvalue weighted by Gasteiger charge is 2.53. The number of primary amides is 1. The Bertz CT molecular complexity index is 238. The Morgan fingerprint density at radius 3 is 2.08 bits per heavy atom. The van der Waals surface area contributed by atoms with Gasteiger partial charge in [0, 0.05) is 0 Å². The van der Waals surface area contributed by atoms with Crippen molar-refractivity contribution in [1.29, 1.82) is 0 Å². The summed E-state index contributed by atoms with van der Waals surface area (Å²) < 4.78 is 0. The molecule has 0 aromatic heterocycles. The molecule has 0 spiro atoms. The van der Waals surface area contributed by atoms with Crippen molar-refractivity contribution in [3.8, 4) is 0 Å². The molecule has 1 amide bonds. The van der Waals surface area contributed by atoms with E-state index in [1.165, 1.54) is 0 Å². The number of fused-ring (bicyclic) bond motifs is 2. The number of carboxylic acid groups (broad SMARTS) is 1. The van der Waals surface area contributed by atoms with Crippen LogP contribution >= 0.6 is 0 Å². The normalized spacial score (nSPS) is 42.2. The van der Waals surface area contributed by atoms with Crippen LogP contribution in [0.5, 0.6) is 0 Å². The fourth-order valence-electron chi connectivity index (χ4n) is 3.06. The standard InChI is InChI=1S/C9H13NO3/c10-8(11)6-4-1-2-5(3-4)7(6)9(12)13/h4-7H,1-3H2,(H2,10,11)(H,12,13)/t4-,5+,6-,7+/m0/s1. The number of amides is 1. The van der Waals surface area contributed by atoms with Crippen molar-refractivity contribution in [2.75, 3.05) is 0 Å². The smallest absolute Gasteiger partial charge is 0.307 e. The summed E-state index contributed by atoms with van der Waals surface area (Å²) in [7, 11) is 0. The van der Waals surface area contributed by atoms with Gasteiger partial charge in [0.05, 0.1) is 11.8 Å². The van der Waals surface area contributed by atoms with Crippen molar-refractivity contribution in [3.05, 3.63) is 0 Å². The van der Waals surface area contributed by atoms with Gasteiger partial charge in [-0.1, -0.05) is 0 Å². The quantitative estimate of drug-likeness (QED) is 0.642. The van der Waals surface area contributed by atoms with Gasteiger partial charge in [-0.15, -0.1) is 0 Å². The maximum absolute atomic E-state index is 11.1. The molecule has 2 aliphatic carbocycles. The van der Waals surface area contributed by atoms with Gasteiger partial charge >= 0.3 is 5.97 Å². The van der Waals surface area contributed by atoms with Gasteiger partial charge < -0.3 is 10.8 Å². The maximum Gasteiger partial charge on any atom is 0.307 e. The van der Waals surface area contributed by atoms with Crippen LogP contribution < -0.4 is 5.73 Å². The van der Waals surface area contributed by atoms with Crippen LogP contribution in [0, 0.1) is 23.7 Å². The molecule has 0 aromatic carbocycles. The van der Waals surface area contributed by atoms with E-state index in [-0.39, 0.29) is 11.8 Å². The van der Waals surface area contributed by atoms with Crippen molar-refractivity contribution in [2.24, 2.45) is 29.4 Å². The Hall–Kier alpha value is -1.06. The molecule has 4 nitrogen and oxygen atoms in total. The molecule has 2 fully saturated rings. The average molecular weight is 183 g/mol. The summed E-state index contributed by atoms with van der Waals surface area (Å²) in [5, 5.41) is 8.95. The van der Waals surface area contributed by atoms with E-state index in [0.717, 1.165) is 19.3 Å². The first kappa shape index (κ1) is 8.53. The topological polar surface area (TPSA) is 80.4 Å². The molecule has 0 heterocycles. The number of carboxylic acids is 1. The predicted molar refractivity (Wildman–Crippen MR) is 44.6 cm³/mol. The molecule has 13 heavy (non-hydrogen) atoms. The summed E-state index contributed by atoms with van der Waals surface area (Å²) in [5.74, 6) is -1.76. The Morgan fingerprint density at radius 2 is 1.69 bits per heavy atom. The third-order valence-corrected chi connectivity index (χ3v) is 3.53. The van der Waals surface area contributed by atoms with Gasteiger partial charge in [-0.2, -0.15) is 0 Å². The zero-order valence-corrected chi connectivity index (χ0v) is 7.27. The number of aliphatic carboxylic acids is 1. The minimum absolute atomic E-state index is 0.194. The number of hydrogen-bond donors (Lipinski definition) is 2. The predicted octanol–water partition coefficient (Wildman–Crippen LogP) is 0.219. The molecule has 4 heteroatoms. The number of hydrogen-bond acceptors (Lipinski definition) is 2. The van der Waals surface area contributed by atoms with Crippen LogP contribution in [0.2, 0.25) is 0 Å². The minimum atomic E-state index is -0.851. The lowest BCUT2D eigenvalue weighted by Gasteiger charge is -2.24. The van der Waals surface area contributed by atoms with E-state index in [1.807, 2.05) is 0 Å². The molecule has 4 atom stereocenters. The highest BCUT2D eigenvalue weighted by molar-refractivity contribution is 5.85. The maximum atomic E-state index is 11.1. The number of rotatable bonds is 2. The second kappa shape index (κ2) is 2.72. The summed E-state index contributed by atoms with van der Waals surface area (Å²) in [4.78, 5) is 22.0. The SMILES string of the molecule is NC(=O)[C@H]1[C@H]2CC[C@H](C2)[C@H]1C(=O)O. The second-order valence-corrected chi connectivity index (χ2v) is 4.13. The fourth-order valence-corrected chi connectivity index (χ4v) is 3.06. The molecule has 0 radical (unpaired) electrons. The van der Waals surface area contributed by atoms with Crippen molar-refractivity contribution in [1.82, 2.24) is 0 Å². The van der Waals surface area contributed by atoms with Crippen LogP contribution in [0.3, 0.4) is 0 Å². The van der Waals surface area contributed by atoms with Crippen LogP contribution in [-0.2, 0) is 9.59 Å². The van der Waals surface area contributed by atoms with Gasteiger partial charge in [0.1, 0.15) is 0 Å². The van der Waals surface area contributed by atoms with Crippen molar-refractivity contribution in [3.63, 3.8) is 0 Å². The Morgan fingerprint density at radius 1 is 1.15 bits per heavy atom. The Labute approximate surface area is 76.1 Å². The summed E-state index contributed by atoms with van der Waals surface area (Å²) >= 11 is 0. The van der Waals surface area contributed by atoms with Crippen LogP contribution in [0.15, 0.2) is 0 Å². The van der Waals surface area contributed by atoms with Crippen LogP contribution in [0.1, 0.15) is 19.3 Å². The van der Waals surface area contributed by atoms with Gasteiger partial charge in [-0.25, -0.2) is 0 Å². The highest BCUT2D eigenvalue weighted by atomic mass is 16.4. The molecule has 72 valence electrons. The van der Waals surface area contributed by atoms with Crippen LogP contribution in [0.25, 0.3) is 0 Å². The van der Waals surface area contributed by atoms with Crippen LogP contribution in [-0.4, -0.2) is 17.0 Å². The molecular weight excluding hydrogens is 170 g/mol. The van der Waals surface area contributed by atoms with E-state index < -0.39 is 23.7 Å². The third-order valence-electron chi connectivity index (χ3n) is 3.53. The molecule has 0 saturated heterocycles. The third kappa shape index (κ3) is 1.12. The largest absolute Gasteiger partial charge is 0.481 e. The fraction of sp³-hybridized carbons (Fsp3) is 0.778. The Balaban J connectivity index is 2.24. The van der Waals surface area contributed by atoms with Gasteiger partial charge in [0.2, 0.25) is 5.91 Å². The molecule has 3 N–H and O–H groups in total. The lowest BCUT2D eigenvalue weighted by Crippen LogP contribution is -2.38. The molecule has 0 aromatic rings. The molecule has 2 bridgehead atoms. The molecule has 2 rings (SSSR count). The number of carbonyl (C=O) groups is 2. The van der Waals surface area contributed by atoms with Crippen molar-refractivity contribution < 1.29 is 14.7 Å². The monoisotopic (exact) mass is 183 g/mol. The first-order valence-corrected chi connectivity index (χ1v) is 4.63. The molecule has 2 saturated carbocycles. The number of carbonyl (C=O) groups excluding carboxylic acids is 1. The van der Waals surface area contributed by atoms with E-state index in [0.29, 0.717) is 0 Å². The molecule has 0 aliphatic heterocycles. The van der Waals surface area contributed by atoms with Crippen molar-refractivity contribution >= 4 is 11.9 Å². The average Bonchev–Trinajstić information content (AvgIpc) is 2.60. The van der Waals surface area contributed by atoms with Gasteiger partial charge in [-0.3, -0.25) is 9.59 Å². The lowest BCUT2D eigenvalue weighted by molar-refractivity contribution is -0.148. The summed E-state index contributed by atoms with van der Waals surface area (Å²) in [6.45, 7) is 0. The molecule has 0 unspecified atom stereocenters. The highest BCUT2D eigenvalue weighted by Crippen LogP contribution is 2.52. The molecular formula is C9H13NO3. The van der Waals surface area contributed by atoms with E-state index in [4.69, 9.17) is 10.8 Å². The minimum Gasteiger partial charge on any atom is -0.481 e. The number of nitrogens with two attached hydrogens (primary N) is 1. The summed E-state index contributed by atoms with van der Waals surface area (Å²) in [6.07, 6.45) is 2.80. The lowest BCUT2D eigenvalue weighted by atomic mass is 9.79. The van der Waals surface area contributed by atoms with Gasteiger partial charge in [0.25, 0.3) is 0 Å². The van der Waals surface area contributed by atoms with E-state index >= 15 is 0 Å². The molecule has 2 aliphatic rings. The Kier molecular flexibility index (Phi) is 1.78. The zero-order valence-electron chi connectivity index (χ0n) is 7.27. The van der Waals surface area contributed by atoms with Crippen molar-refractivity contribution in [2.45, 2.75) is 19.3 Å². The first-order valence-electron chi connectivity index (χ1n) is 4.63. The summed E-state index contributed by atoms with van der Waals surface area (Å²) in [6, 6.07) is 0. The van der Waals surface area contributed by atoms with Crippen LogP contribution in [0.4, 0.5) is 0 Å². The van der Waals surface area contributed by atoms with E-state index in [9.17, 15) is 9.59 Å². The van der Waals surface area contributed by atoms with E-state index in [1.54, 1.807) is 0 Å². The summed E-state index contributed by atoms with van der Waals surface area (Å²) in [5.41, 5.74) is 5.21. The first-order chi connectivity index (χ1) is 6.11. The second-order valence-electron chi connectivity index (χ2n) is 4.13. The zero-order chi connectivity index (χ0) is 9.59. The van der Waals surface area contributed by atoms with Gasteiger partial charge in [-0.05, 0) is 31.1 Å². The van der Waals surface area contributed by atoms with Gasteiger partial charge in [0.15, 0.2) is 0 Å². The van der Waals surface area contributed by atoms with E-state index in [2.05, 4.69) is 0 Å².